The Morgan fingerprint density at radius 1 is 1.41 bits per heavy atom. The molecule has 2 aromatic rings. The molecule has 0 saturated carbocycles. The van der Waals surface area contributed by atoms with Gasteiger partial charge in [-0.25, -0.2) is 4.98 Å². The van der Waals surface area contributed by atoms with Gasteiger partial charge in [-0.3, -0.25) is 4.79 Å². The van der Waals surface area contributed by atoms with Gasteiger partial charge in [0.2, 0.25) is 5.91 Å². The first-order valence-electron chi connectivity index (χ1n) is 7.60. The van der Waals surface area contributed by atoms with Crippen molar-refractivity contribution in [1.82, 2.24) is 14.9 Å². The van der Waals surface area contributed by atoms with E-state index in [0.717, 1.165) is 17.5 Å². The van der Waals surface area contributed by atoms with Crippen LogP contribution < -0.4 is 5.32 Å². The van der Waals surface area contributed by atoms with Crippen LogP contribution in [0.3, 0.4) is 0 Å². The minimum atomic E-state index is -0.866. The Hall–Kier alpha value is -1.92. The molecule has 1 aromatic heterocycles. The van der Waals surface area contributed by atoms with Crippen molar-refractivity contribution < 1.29 is 15.0 Å². The van der Waals surface area contributed by atoms with Crippen molar-refractivity contribution in [2.24, 2.45) is 0 Å². The highest BCUT2D eigenvalue weighted by Gasteiger charge is 2.19. The molecule has 0 aliphatic carbocycles. The number of nitrogens with one attached hydrogen (secondary N) is 1. The Bertz CT molecular complexity index is 639. The smallest absolute Gasteiger partial charge is 0.220 e. The first-order valence-corrected chi connectivity index (χ1v) is 7.60. The monoisotopic (exact) mass is 305 g/mol. The molecule has 0 radical (unpaired) electrons. The maximum atomic E-state index is 11.8. The Morgan fingerprint density at radius 2 is 2.14 bits per heavy atom. The number of hydrogen-bond acceptors (Lipinski definition) is 4. The van der Waals surface area contributed by atoms with E-state index in [1.807, 2.05) is 42.7 Å². The Balaban J connectivity index is 2.34. The molecule has 1 amide bonds. The van der Waals surface area contributed by atoms with E-state index in [1.165, 1.54) is 0 Å². The molecule has 0 unspecified atom stereocenters. The summed E-state index contributed by atoms with van der Waals surface area (Å²) in [4.78, 5) is 16.4. The second-order valence-electron chi connectivity index (χ2n) is 5.44. The van der Waals surface area contributed by atoms with Gasteiger partial charge in [0.15, 0.2) is 0 Å². The number of benzene rings is 1. The summed E-state index contributed by atoms with van der Waals surface area (Å²) in [6, 6.07) is 7.33. The van der Waals surface area contributed by atoms with Crippen LogP contribution in [0.4, 0.5) is 0 Å². The normalized spacial score (nSPS) is 14.0. The highest BCUT2D eigenvalue weighted by Crippen LogP contribution is 2.21. The molecule has 0 spiro atoms. The third-order valence-corrected chi connectivity index (χ3v) is 3.53. The summed E-state index contributed by atoms with van der Waals surface area (Å²) in [5.41, 5.74) is 1.68. The Labute approximate surface area is 129 Å². The van der Waals surface area contributed by atoms with E-state index < -0.39 is 6.10 Å². The highest BCUT2D eigenvalue weighted by molar-refractivity contribution is 5.78. The fourth-order valence-electron chi connectivity index (χ4n) is 2.49. The molecule has 0 aliphatic heterocycles. The first-order chi connectivity index (χ1) is 10.6. The summed E-state index contributed by atoms with van der Waals surface area (Å²) < 4.78 is 1.85. The number of para-hydroxylation sites is 2. The van der Waals surface area contributed by atoms with E-state index in [9.17, 15) is 9.90 Å². The molecule has 3 N–H and O–H groups in total. The summed E-state index contributed by atoms with van der Waals surface area (Å²) in [5, 5.41) is 21.8. The number of carbonyl (C=O) groups is 1. The minimum Gasteiger partial charge on any atom is -0.394 e. The predicted molar refractivity (Wildman–Crippen MR) is 84.3 cm³/mol. The third kappa shape index (κ3) is 3.64. The van der Waals surface area contributed by atoms with E-state index >= 15 is 0 Å². The SMILES string of the molecule is CCCC(=O)N[C@H](C)c1nc2ccccc2n1C[C@H](O)CO. The zero-order chi connectivity index (χ0) is 16.1. The van der Waals surface area contributed by atoms with Crippen molar-refractivity contribution in [1.29, 1.82) is 0 Å². The van der Waals surface area contributed by atoms with Crippen LogP contribution in [0.2, 0.25) is 0 Å². The summed E-state index contributed by atoms with van der Waals surface area (Å²) in [5.74, 6) is 0.662. The molecule has 0 fully saturated rings. The van der Waals surface area contributed by atoms with Crippen LogP contribution in [0, 0.1) is 0 Å². The van der Waals surface area contributed by atoms with Crippen LogP contribution in [0.15, 0.2) is 24.3 Å². The number of aliphatic hydroxyl groups is 2. The van der Waals surface area contributed by atoms with Gasteiger partial charge in [-0.2, -0.15) is 0 Å². The van der Waals surface area contributed by atoms with Crippen LogP contribution in [-0.4, -0.2) is 38.4 Å². The lowest BCUT2D eigenvalue weighted by Crippen LogP contribution is -2.30. The van der Waals surface area contributed by atoms with E-state index in [0.29, 0.717) is 12.2 Å². The van der Waals surface area contributed by atoms with Crippen LogP contribution in [-0.2, 0) is 11.3 Å². The number of aromatic nitrogens is 2. The lowest BCUT2D eigenvalue weighted by Gasteiger charge is -2.18. The van der Waals surface area contributed by atoms with Crippen molar-refractivity contribution >= 4 is 16.9 Å². The summed E-state index contributed by atoms with van der Waals surface area (Å²) in [7, 11) is 0. The molecule has 0 bridgehead atoms. The van der Waals surface area contributed by atoms with Gasteiger partial charge in [0, 0.05) is 6.42 Å². The van der Waals surface area contributed by atoms with Crippen molar-refractivity contribution in [2.45, 2.75) is 45.4 Å². The molecule has 2 rings (SSSR count). The third-order valence-electron chi connectivity index (χ3n) is 3.53. The number of imidazole rings is 1. The standard InChI is InChI=1S/C16H23N3O3/c1-3-6-15(22)17-11(2)16-18-13-7-4-5-8-14(13)19(16)9-12(21)10-20/h4-5,7-8,11-12,20-21H,3,6,9-10H2,1-2H3,(H,17,22)/t11-,12+/m1/s1. The zero-order valence-corrected chi connectivity index (χ0v) is 13.0. The highest BCUT2D eigenvalue weighted by atomic mass is 16.3. The van der Waals surface area contributed by atoms with Crippen molar-refractivity contribution in [3.63, 3.8) is 0 Å². The number of amides is 1. The Kier molecular flexibility index (Phi) is 5.51. The largest absolute Gasteiger partial charge is 0.394 e. The summed E-state index contributed by atoms with van der Waals surface area (Å²) in [6.07, 6.45) is 0.400. The van der Waals surface area contributed by atoms with Gasteiger partial charge in [-0.15, -0.1) is 0 Å². The second kappa shape index (κ2) is 7.38. The van der Waals surface area contributed by atoms with Crippen LogP contribution in [0.5, 0.6) is 0 Å². The fraction of sp³-hybridized carbons (Fsp3) is 0.500. The van der Waals surface area contributed by atoms with Gasteiger partial charge >= 0.3 is 0 Å². The van der Waals surface area contributed by atoms with Crippen molar-refractivity contribution in [3.05, 3.63) is 30.1 Å². The first kappa shape index (κ1) is 16.5. The Morgan fingerprint density at radius 3 is 2.82 bits per heavy atom. The quantitative estimate of drug-likeness (QED) is 0.721. The van der Waals surface area contributed by atoms with E-state index in [-0.39, 0.29) is 25.1 Å². The van der Waals surface area contributed by atoms with Crippen molar-refractivity contribution in [3.8, 4) is 0 Å². The molecule has 1 aromatic carbocycles. The van der Waals surface area contributed by atoms with Gasteiger partial charge in [0.05, 0.1) is 36.3 Å². The molecule has 22 heavy (non-hydrogen) atoms. The fourth-order valence-corrected chi connectivity index (χ4v) is 2.49. The number of hydrogen-bond donors (Lipinski definition) is 3. The van der Waals surface area contributed by atoms with Crippen LogP contribution >= 0.6 is 0 Å². The van der Waals surface area contributed by atoms with Crippen LogP contribution in [0.25, 0.3) is 11.0 Å². The second-order valence-corrected chi connectivity index (χ2v) is 5.44. The van der Waals surface area contributed by atoms with E-state index in [1.54, 1.807) is 0 Å². The number of nitrogens with zero attached hydrogens (tertiary/aromatic N) is 2. The average Bonchev–Trinajstić information content (AvgIpc) is 2.86. The number of carbonyl (C=O) groups excluding carboxylic acids is 1. The molecule has 2 atom stereocenters. The van der Waals surface area contributed by atoms with Gasteiger partial charge in [0.25, 0.3) is 0 Å². The topological polar surface area (TPSA) is 87.4 Å². The molecule has 0 saturated heterocycles. The summed E-state index contributed by atoms with van der Waals surface area (Å²) >= 11 is 0. The zero-order valence-electron chi connectivity index (χ0n) is 13.0. The minimum absolute atomic E-state index is 0.0173. The van der Waals surface area contributed by atoms with Gasteiger partial charge < -0.3 is 20.1 Å². The van der Waals surface area contributed by atoms with Crippen molar-refractivity contribution in [2.75, 3.05) is 6.61 Å². The van der Waals surface area contributed by atoms with E-state index in [4.69, 9.17) is 5.11 Å². The van der Waals surface area contributed by atoms with Gasteiger partial charge in [-0.05, 0) is 25.5 Å². The number of fused-ring (bicyclic) bond motifs is 1. The number of rotatable bonds is 7. The lowest BCUT2D eigenvalue weighted by molar-refractivity contribution is -0.121. The molecule has 120 valence electrons. The molecule has 6 heteroatoms. The van der Waals surface area contributed by atoms with E-state index in [2.05, 4.69) is 10.3 Å². The maximum absolute atomic E-state index is 11.8. The lowest BCUT2D eigenvalue weighted by atomic mass is 10.2. The molecular weight excluding hydrogens is 282 g/mol. The molecule has 6 nitrogen and oxygen atoms in total. The van der Waals surface area contributed by atoms with Gasteiger partial charge in [-0.1, -0.05) is 19.1 Å². The molecule has 1 heterocycles. The van der Waals surface area contributed by atoms with Gasteiger partial charge in [0.1, 0.15) is 5.82 Å². The maximum Gasteiger partial charge on any atom is 0.220 e. The molecule has 0 aliphatic rings. The van der Waals surface area contributed by atoms with Crippen LogP contribution in [0.1, 0.15) is 38.6 Å². The predicted octanol–water partition coefficient (Wildman–Crippen LogP) is 1.37. The average molecular weight is 305 g/mol. The number of aliphatic hydroxyl groups excluding tert-OH is 2. The molecular formula is C16H23N3O3. The summed E-state index contributed by atoms with van der Waals surface area (Å²) in [6.45, 7) is 3.75.